The number of rotatable bonds is 12. The fourth-order valence-corrected chi connectivity index (χ4v) is 5.06. The maximum atomic E-state index is 5.24. The Kier molecular flexibility index (Phi) is 7.61. The van der Waals surface area contributed by atoms with Gasteiger partial charge in [0.05, 0.1) is 5.52 Å². The lowest BCUT2D eigenvalue weighted by Gasteiger charge is -2.37. The van der Waals surface area contributed by atoms with Gasteiger partial charge in [-0.05, 0) is 48.4 Å². The van der Waals surface area contributed by atoms with E-state index in [1.807, 2.05) is 12.1 Å². The van der Waals surface area contributed by atoms with Crippen LogP contribution in [0.25, 0.3) is 17.0 Å². The Balaban J connectivity index is 1.50. The first-order chi connectivity index (χ1) is 17.8. The van der Waals surface area contributed by atoms with Gasteiger partial charge >= 0.3 is 0 Å². The lowest BCUT2D eigenvalue weighted by atomic mass is 9.90. The minimum absolute atomic E-state index is 0.701. The van der Waals surface area contributed by atoms with Gasteiger partial charge in [0, 0.05) is 23.2 Å². The van der Waals surface area contributed by atoms with Gasteiger partial charge in [-0.3, -0.25) is 0 Å². The molecule has 4 nitrogen and oxygen atoms in total. The summed E-state index contributed by atoms with van der Waals surface area (Å²) in [7, 11) is 0. The average Bonchev–Trinajstić information content (AvgIpc) is 2.91. The smallest absolute Gasteiger partial charge is 0.172 e. The lowest BCUT2D eigenvalue weighted by Crippen LogP contribution is -2.43. The highest BCUT2D eigenvalue weighted by Crippen LogP contribution is 2.39. The molecule has 184 valence electrons. The van der Waals surface area contributed by atoms with Gasteiger partial charge in [-0.1, -0.05) is 100 Å². The summed E-state index contributed by atoms with van der Waals surface area (Å²) in [4.78, 5) is 10.2. The van der Waals surface area contributed by atoms with Crippen molar-refractivity contribution in [2.75, 3.05) is 10.6 Å². The molecule has 0 aliphatic heterocycles. The van der Waals surface area contributed by atoms with Crippen molar-refractivity contribution < 1.29 is 0 Å². The van der Waals surface area contributed by atoms with Crippen molar-refractivity contribution in [2.24, 2.45) is 0 Å². The van der Waals surface area contributed by atoms with E-state index in [1.54, 1.807) is 0 Å². The van der Waals surface area contributed by atoms with Crippen LogP contribution < -0.4 is 10.6 Å². The Hall–Kier alpha value is -3.66. The number of nitrogens with zero attached hydrogens (tertiary/aromatic N) is 2. The molecule has 4 aromatic rings. The minimum atomic E-state index is -0.701. The van der Waals surface area contributed by atoms with Crippen LogP contribution in [0.5, 0.6) is 0 Å². The Bertz CT molecular complexity index is 1260. The van der Waals surface area contributed by atoms with Crippen LogP contribution in [0.3, 0.4) is 0 Å². The van der Waals surface area contributed by atoms with Crippen molar-refractivity contribution in [2.45, 2.75) is 64.0 Å². The second kappa shape index (κ2) is 11.4. The maximum absolute atomic E-state index is 5.24. The molecule has 1 aliphatic carbocycles. The van der Waals surface area contributed by atoms with E-state index in [9.17, 15) is 0 Å². The van der Waals surface area contributed by atoms with Crippen molar-refractivity contribution in [3.8, 4) is 0 Å². The SMILES string of the molecule is CCCCCCCCCc1nc2c3c(cccc3n1)C=CC2(Nc1ccccc1)Nc1ccccc1. The summed E-state index contributed by atoms with van der Waals surface area (Å²) >= 11 is 0. The first-order valence-electron chi connectivity index (χ1n) is 13.4. The lowest BCUT2D eigenvalue weighted by molar-refractivity contribution is 0.582. The maximum Gasteiger partial charge on any atom is 0.172 e. The molecular formula is C32H36N4. The molecule has 0 bridgehead atoms. The van der Waals surface area contributed by atoms with Crippen molar-refractivity contribution >= 4 is 28.4 Å². The number of hydrogen-bond donors (Lipinski definition) is 2. The van der Waals surface area contributed by atoms with E-state index in [4.69, 9.17) is 9.97 Å². The summed E-state index contributed by atoms with van der Waals surface area (Å²) in [5.41, 5.74) is 4.51. The largest absolute Gasteiger partial charge is 0.355 e. The molecule has 0 saturated heterocycles. The number of unbranched alkanes of at least 4 members (excludes halogenated alkanes) is 6. The van der Waals surface area contributed by atoms with E-state index in [2.05, 4.69) is 96.4 Å². The van der Waals surface area contributed by atoms with Crippen LogP contribution in [0.1, 0.15) is 69.0 Å². The van der Waals surface area contributed by atoms with E-state index in [0.29, 0.717) is 0 Å². The predicted octanol–water partition coefficient (Wildman–Crippen LogP) is 8.33. The molecule has 1 aromatic heterocycles. The van der Waals surface area contributed by atoms with Crippen molar-refractivity contribution in [1.29, 1.82) is 0 Å². The van der Waals surface area contributed by atoms with Crippen LogP contribution in [0, 0.1) is 0 Å². The first-order valence-corrected chi connectivity index (χ1v) is 13.4. The molecule has 3 aromatic carbocycles. The zero-order chi connectivity index (χ0) is 24.6. The molecule has 0 radical (unpaired) electrons. The predicted molar refractivity (Wildman–Crippen MR) is 152 cm³/mol. The van der Waals surface area contributed by atoms with Gasteiger partial charge in [-0.2, -0.15) is 0 Å². The van der Waals surface area contributed by atoms with Gasteiger partial charge in [0.2, 0.25) is 0 Å². The van der Waals surface area contributed by atoms with Crippen molar-refractivity contribution in [3.05, 3.63) is 102 Å². The summed E-state index contributed by atoms with van der Waals surface area (Å²) in [6.45, 7) is 2.27. The zero-order valence-electron chi connectivity index (χ0n) is 21.2. The molecule has 5 rings (SSSR count). The third-order valence-electron chi connectivity index (χ3n) is 6.92. The van der Waals surface area contributed by atoms with Gasteiger partial charge in [-0.25, -0.2) is 9.97 Å². The molecule has 0 saturated carbocycles. The highest BCUT2D eigenvalue weighted by molar-refractivity contribution is 5.94. The topological polar surface area (TPSA) is 49.8 Å². The number of benzene rings is 3. The summed E-state index contributed by atoms with van der Waals surface area (Å²) < 4.78 is 0. The van der Waals surface area contributed by atoms with Crippen molar-refractivity contribution in [1.82, 2.24) is 9.97 Å². The van der Waals surface area contributed by atoms with E-state index in [0.717, 1.165) is 52.2 Å². The molecular weight excluding hydrogens is 440 g/mol. The summed E-state index contributed by atoms with van der Waals surface area (Å²) in [5.74, 6) is 0.924. The molecule has 36 heavy (non-hydrogen) atoms. The number of aryl methyl sites for hydroxylation is 1. The monoisotopic (exact) mass is 476 g/mol. The van der Waals surface area contributed by atoms with Crippen LogP contribution in [0.4, 0.5) is 11.4 Å². The van der Waals surface area contributed by atoms with E-state index in [1.165, 1.54) is 38.5 Å². The number of para-hydroxylation sites is 2. The number of aromatic nitrogens is 2. The quantitative estimate of drug-likeness (QED) is 0.159. The van der Waals surface area contributed by atoms with Crippen LogP contribution in [0.2, 0.25) is 0 Å². The molecule has 2 N–H and O–H groups in total. The van der Waals surface area contributed by atoms with E-state index >= 15 is 0 Å². The van der Waals surface area contributed by atoms with Crippen LogP contribution in [-0.2, 0) is 12.1 Å². The minimum Gasteiger partial charge on any atom is -0.355 e. The highest BCUT2D eigenvalue weighted by atomic mass is 15.2. The molecule has 0 spiro atoms. The molecule has 0 unspecified atom stereocenters. The fraction of sp³-hybridized carbons (Fsp3) is 0.312. The van der Waals surface area contributed by atoms with Gasteiger partial charge in [0.1, 0.15) is 11.5 Å². The Labute approximate surface area is 214 Å². The molecule has 0 atom stereocenters. The molecule has 1 heterocycles. The summed E-state index contributed by atoms with van der Waals surface area (Å²) in [6, 6.07) is 27.1. The standard InChI is InChI=1S/C32H36N4/c1-2-3-4-5-6-7-14-22-29-33-28-21-15-16-25-23-24-32(31(34-29)30(25)28,35-26-17-10-8-11-18-26)36-27-19-12-9-13-20-27/h8-13,15-21,23-24,35-36H,2-7,14,22H2,1H3. The highest BCUT2D eigenvalue weighted by Gasteiger charge is 2.36. The molecule has 1 aliphatic rings. The fourth-order valence-electron chi connectivity index (χ4n) is 5.06. The Morgan fingerprint density at radius 2 is 1.31 bits per heavy atom. The molecule has 0 amide bonds. The molecule has 4 heteroatoms. The van der Waals surface area contributed by atoms with Crippen molar-refractivity contribution in [3.63, 3.8) is 0 Å². The number of anilines is 2. The van der Waals surface area contributed by atoms with Crippen LogP contribution in [-0.4, -0.2) is 9.97 Å². The second-order valence-corrected chi connectivity index (χ2v) is 9.72. The normalized spacial score (nSPS) is 13.6. The van der Waals surface area contributed by atoms with Crippen LogP contribution >= 0.6 is 0 Å². The first kappa shape index (κ1) is 24.1. The number of hydrogen-bond acceptors (Lipinski definition) is 4. The van der Waals surface area contributed by atoms with Gasteiger partial charge in [-0.15, -0.1) is 0 Å². The van der Waals surface area contributed by atoms with Gasteiger partial charge in [0.15, 0.2) is 5.66 Å². The molecule has 0 fully saturated rings. The van der Waals surface area contributed by atoms with E-state index in [-0.39, 0.29) is 0 Å². The van der Waals surface area contributed by atoms with Gasteiger partial charge < -0.3 is 10.6 Å². The van der Waals surface area contributed by atoms with Gasteiger partial charge in [0.25, 0.3) is 0 Å². The van der Waals surface area contributed by atoms with E-state index < -0.39 is 5.66 Å². The Morgan fingerprint density at radius 3 is 1.97 bits per heavy atom. The number of nitrogens with one attached hydrogen (secondary N) is 2. The van der Waals surface area contributed by atoms with Crippen LogP contribution in [0.15, 0.2) is 84.9 Å². The second-order valence-electron chi connectivity index (χ2n) is 9.72. The third-order valence-corrected chi connectivity index (χ3v) is 6.92. The Morgan fingerprint density at radius 1 is 0.667 bits per heavy atom. The third kappa shape index (κ3) is 5.43. The summed E-state index contributed by atoms with van der Waals surface area (Å²) in [5, 5.41) is 8.66. The average molecular weight is 477 g/mol. The summed E-state index contributed by atoms with van der Waals surface area (Å²) in [6.07, 6.45) is 14.2. The zero-order valence-corrected chi connectivity index (χ0v) is 21.2.